The average Bonchev–Trinajstić information content (AvgIpc) is 2.48. The minimum atomic E-state index is -0.639. The van der Waals surface area contributed by atoms with Crippen molar-refractivity contribution in [2.75, 3.05) is 7.11 Å². The molecular formula is C18H18F2O3. The van der Waals surface area contributed by atoms with Crippen LogP contribution in [0.4, 0.5) is 8.78 Å². The van der Waals surface area contributed by atoms with Crippen LogP contribution in [0.15, 0.2) is 36.4 Å². The van der Waals surface area contributed by atoms with Crippen molar-refractivity contribution >= 4 is 5.97 Å². The number of rotatable bonds is 4. The molecular weight excluding hydrogens is 302 g/mol. The Hall–Kier alpha value is -2.43. The summed E-state index contributed by atoms with van der Waals surface area (Å²) >= 11 is 0. The van der Waals surface area contributed by atoms with Gasteiger partial charge in [-0.15, -0.1) is 0 Å². The Morgan fingerprint density at radius 2 is 1.43 bits per heavy atom. The molecule has 2 rings (SSSR count). The summed E-state index contributed by atoms with van der Waals surface area (Å²) in [5.74, 6) is -1.68. The van der Waals surface area contributed by atoms with E-state index in [2.05, 4.69) is 0 Å². The first-order chi connectivity index (χ1) is 10.8. The fourth-order valence-electron chi connectivity index (χ4n) is 2.35. The molecule has 0 bridgehead atoms. The van der Waals surface area contributed by atoms with Crippen LogP contribution in [0.3, 0.4) is 0 Å². The lowest BCUT2D eigenvalue weighted by molar-refractivity contribution is -0.132. The third kappa shape index (κ3) is 3.50. The summed E-state index contributed by atoms with van der Waals surface area (Å²) in [6, 6.07) is 8.99. The third-order valence-corrected chi connectivity index (χ3v) is 3.78. The Labute approximate surface area is 133 Å². The van der Waals surface area contributed by atoms with Crippen molar-refractivity contribution in [2.24, 2.45) is 0 Å². The zero-order valence-electron chi connectivity index (χ0n) is 13.4. The summed E-state index contributed by atoms with van der Waals surface area (Å²) < 4.78 is 37.7. The summed E-state index contributed by atoms with van der Waals surface area (Å²) in [7, 11) is 1.40. The molecule has 0 aliphatic carbocycles. The number of hydrogen-bond acceptors (Lipinski definition) is 3. The zero-order valence-corrected chi connectivity index (χ0v) is 13.4. The smallest absolute Gasteiger partial charge is 0.308 e. The molecule has 0 saturated heterocycles. The van der Waals surface area contributed by atoms with Gasteiger partial charge in [0.15, 0.2) is 23.1 Å². The topological polar surface area (TPSA) is 35.5 Å². The second kappa shape index (κ2) is 6.36. The zero-order chi connectivity index (χ0) is 17.2. The highest BCUT2D eigenvalue weighted by Crippen LogP contribution is 2.35. The predicted octanol–water partition coefficient (Wildman–Crippen LogP) is 4.22. The predicted molar refractivity (Wildman–Crippen MR) is 82.8 cm³/mol. The van der Waals surface area contributed by atoms with Gasteiger partial charge in [0, 0.05) is 12.3 Å². The molecule has 0 aliphatic heterocycles. The van der Waals surface area contributed by atoms with E-state index in [1.807, 2.05) is 13.8 Å². The molecule has 0 fully saturated rings. The van der Waals surface area contributed by atoms with E-state index in [1.54, 1.807) is 12.1 Å². The van der Waals surface area contributed by atoms with E-state index in [4.69, 9.17) is 9.47 Å². The summed E-state index contributed by atoms with van der Waals surface area (Å²) in [6.07, 6.45) is 0. The van der Waals surface area contributed by atoms with Gasteiger partial charge in [-0.3, -0.25) is 4.79 Å². The van der Waals surface area contributed by atoms with Crippen molar-refractivity contribution in [2.45, 2.75) is 26.2 Å². The standard InChI is InChI=1S/C18H18F2O3/c1-11(21)23-17-8-6-13(10-15(17)20)18(2,3)12-5-7-16(22-4)14(19)9-12/h5-10H,1-4H3. The van der Waals surface area contributed by atoms with Gasteiger partial charge in [0.2, 0.25) is 0 Å². The molecule has 2 aromatic carbocycles. The number of esters is 1. The number of halogens is 2. The van der Waals surface area contributed by atoms with Gasteiger partial charge in [-0.1, -0.05) is 26.0 Å². The van der Waals surface area contributed by atoms with E-state index in [1.165, 1.54) is 38.3 Å². The van der Waals surface area contributed by atoms with Gasteiger partial charge < -0.3 is 9.47 Å². The van der Waals surface area contributed by atoms with Crippen molar-refractivity contribution in [3.63, 3.8) is 0 Å². The molecule has 0 spiro atoms. The molecule has 5 heteroatoms. The SMILES string of the molecule is COc1ccc(C(C)(C)c2ccc(OC(C)=O)c(F)c2)cc1F. The maximum Gasteiger partial charge on any atom is 0.308 e. The van der Waals surface area contributed by atoms with Crippen LogP contribution in [0.2, 0.25) is 0 Å². The van der Waals surface area contributed by atoms with Gasteiger partial charge in [-0.05, 0) is 35.4 Å². The highest BCUT2D eigenvalue weighted by atomic mass is 19.1. The fraction of sp³-hybridized carbons (Fsp3) is 0.278. The van der Waals surface area contributed by atoms with E-state index >= 15 is 0 Å². The van der Waals surface area contributed by atoms with Gasteiger partial charge in [0.25, 0.3) is 0 Å². The monoisotopic (exact) mass is 320 g/mol. The second-order valence-corrected chi connectivity index (χ2v) is 5.71. The van der Waals surface area contributed by atoms with Crippen LogP contribution >= 0.6 is 0 Å². The molecule has 0 amide bonds. The molecule has 122 valence electrons. The van der Waals surface area contributed by atoms with Crippen LogP contribution in [0.1, 0.15) is 31.9 Å². The number of carbonyl (C=O) groups excluding carboxylic acids is 1. The van der Waals surface area contributed by atoms with E-state index < -0.39 is 23.0 Å². The van der Waals surface area contributed by atoms with Crippen LogP contribution in [0, 0.1) is 11.6 Å². The van der Waals surface area contributed by atoms with Gasteiger partial charge >= 0.3 is 5.97 Å². The van der Waals surface area contributed by atoms with E-state index in [9.17, 15) is 13.6 Å². The number of ether oxygens (including phenoxy) is 2. The number of carbonyl (C=O) groups is 1. The summed E-state index contributed by atoms with van der Waals surface area (Å²) in [4.78, 5) is 10.9. The lowest BCUT2D eigenvalue weighted by Crippen LogP contribution is -2.19. The highest BCUT2D eigenvalue weighted by Gasteiger charge is 2.25. The normalized spacial score (nSPS) is 11.2. The number of methoxy groups -OCH3 is 1. The van der Waals surface area contributed by atoms with Crippen molar-refractivity contribution in [1.82, 2.24) is 0 Å². The average molecular weight is 320 g/mol. The lowest BCUT2D eigenvalue weighted by Gasteiger charge is -2.26. The Morgan fingerprint density at radius 1 is 0.957 bits per heavy atom. The molecule has 0 unspecified atom stereocenters. The largest absolute Gasteiger partial charge is 0.494 e. The van der Waals surface area contributed by atoms with E-state index in [0.717, 1.165) is 0 Å². The molecule has 0 radical (unpaired) electrons. The Bertz CT molecular complexity index is 739. The fourth-order valence-corrected chi connectivity index (χ4v) is 2.35. The van der Waals surface area contributed by atoms with Crippen LogP contribution in [-0.2, 0) is 10.2 Å². The molecule has 0 atom stereocenters. The van der Waals surface area contributed by atoms with E-state index in [-0.39, 0.29) is 11.5 Å². The van der Waals surface area contributed by atoms with Gasteiger partial charge in [0.05, 0.1) is 7.11 Å². The van der Waals surface area contributed by atoms with Gasteiger partial charge in [0.1, 0.15) is 0 Å². The highest BCUT2D eigenvalue weighted by molar-refractivity contribution is 5.69. The number of benzene rings is 2. The summed E-state index contributed by atoms with van der Waals surface area (Å²) in [5, 5.41) is 0. The van der Waals surface area contributed by atoms with Crippen LogP contribution < -0.4 is 9.47 Å². The van der Waals surface area contributed by atoms with Crippen molar-refractivity contribution < 1.29 is 23.0 Å². The first-order valence-corrected chi connectivity index (χ1v) is 7.08. The Kier molecular flexibility index (Phi) is 4.68. The molecule has 0 heterocycles. The summed E-state index contributed by atoms with van der Waals surface area (Å²) in [5.41, 5.74) is 0.675. The minimum absolute atomic E-state index is 0.127. The molecule has 0 saturated carbocycles. The van der Waals surface area contributed by atoms with Crippen LogP contribution in [-0.4, -0.2) is 13.1 Å². The van der Waals surface area contributed by atoms with Gasteiger partial charge in [-0.2, -0.15) is 0 Å². The number of hydrogen-bond donors (Lipinski definition) is 0. The third-order valence-electron chi connectivity index (χ3n) is 3.78. The molecule has 0 aromatic heterocycles. The lowest BCUT2D eigenvalue weighted by atomic mass is 9.78. The summed E-state index contributed by atoms with van der Waals surface area (Å²) in [6.45, 7) is 4.92. The Morgan fingerprint density at radius 3 is 1.83 bits per heavy atom. The van der Waals surface area contributed by atoms with Crippen LogP contribution in [0.5, 0.6) is 11.5 Å². The maximum absolute atomic E-state index is 14.1. The molecule has 0 N–H and O–H groups in total. The van der Waals surface area contributed by atoms with E-state index in [0.29, 0.717) is 11.1 Å². The maximum atomic E-state index is 14.1. The van der Waals surface area contributed by atoms with Gasteiger partial charge in [-0.25, -0.2) is 8.78 Å². The minimum Gasteiger partial charge on any atom is -0.494 e. The van der Waals surface area contributed by atoms with Crippen molar-refractivity contribution in [3.05, 3.63) is 59.2 Å². The second-order valence-electron chi connectivity index (χ2n) is 5.71. The Balaban J connectivity index is 2.41. The van der Waals surface area contributed by atoms with Crippen molar-refractivity contribution in [3.8, 4) is 11.5 Å². The molecule has 2 aromatic rings. The molecule has 23 heavy (non-hydrogen) atoms. The molecule has 3 nitrogen and oxygen atoms in total. The quantitative estimate of drug-likeness (QED) is 0.625. The molecule has 0 aliphatic rings. The first kappa shape index (κ1) is 16.9. The van der Waals surface area contributed by atoms with Crippen molar-refractivity contribution in [1.29, 1.82) is 0 Å². The van der Waals surface area contributed by atoms with Crippen LogP contribution in [0.25, 0.3) is 0 Å². The first-order valence-electron chi connectivity index (χ1n) is 7.08.